The van der Waals surface area contributed by atoms with Crippen LogP contribution in [0.1, 0.15) is 32.0 Å². The monoisotopic (exact) mass is 365 g/mol. The average Bonchev–Trinajstić information content (AvgIpc) is 3.10. The van der Waals surface area contributed by atoms with Crippen molar-refractivity contribution in [3.05, 3.63) is 28.6 Å². The second-order valence-corrected chi connectivity index (χ2v) is 7.59. The number of halogens is 1. The van der Waals surface area contributed by atoms with Gasteiger partial charge in [0.2, 0.25) is 0 Å². The summed E-state index contributed by atoms with van der Waals surface area (Å²) in [6.45, 7) is 9.18. The molecule has 0 aromatic carbocycles. The lowest BCUT2D eigenvalue weighted by molar-refractivity contribution is -0.152. The molecule has 0 unspecified atom stereocenters. The van der Waals surface area contributed by atoms with E-state index in [0.29, 0.717) is 18.4 Å². The number of hydrogen-bond acceptors (Lipinski definition) is 4. The number of aryl methyl sites for hydroxylation is 2. The summed E-state index contributed by atoms with van der Waals surface area (Å²) in [6, 6.07) is 0. The molecule has 0 bridgehead atoms. The summed E-state index contributed by atoms with van der Waals surface area (Å²) < 4.78 is 7.10. The van der Waals surface area contributed by atoms with Gasteiger partial charge in [-0.15, -0.1) is 0 Å². The van der Waals surface area contributed by atoms with Crippen LogP contribution in [0.4, 0.5) is 0 Å². The fraction of sp³-hybridized carbons (Fsp3) is 0.684. The molecule has 0 saturated carbocycles. The fourth-order valence-electron chi connectivity index (χ4n) is 4.37. The van der Waals surface area contributed by atoms with Crippen LogP contribution in [0.25, 0.3) is 0 Å². The standard InChI is InChI=1S/C19H28ClN3O2/c1-5-16-15(18(20)22(4)21-16)11-23-9-13-8-7-12(3)17(14(13)10-23)19(24)25-6-2/h7-8,12-14,17H,5-6,9-11H2,1-4H3/t12-,13-,14-,17-/m0/s1. The minimum absolute atomic E-state index is 0.0463. The maximum Gasteiger partial charge on any atom is 0.309 e. The van der Waals surface area contributed by atoms with Gasteiger partial charge in [0, 0.05) is 32.2 Å². The van der Waals surface area contributed by atoms with Crippen LogP contribution in [0.3, 0.4) is 0 Å². The number of aromatic nitrogens is 2. The first kappa shape index (κ1) is 18.5. The molecule has 1 aromatic rings. The van der Waals surface area contributed by atoms with Crippen molar-refractivity contribution < 1.29 is 9.53 Å². The van der Waals surface area contributed by atoms with Crippen molar-refractivity contribution in [1.29, 1.82) is 0 Å². The fourth-order valence-corrected chi connectivity index (χ4v) is 4.58. The molecule has 25 heavy (non-hydrogen) atoms. The second kappa shape index (κ2) is 7.50. The molecule has 1 saturated heterocycles. The Morgan fingerprint density at radius 1 is 1.36 bits per heavy atom. The van der Waals surface area contributed by atoms with E-state index in [1.54, 1.807) is 4.68 Å². The first-order valence-corrected chi connectivity index (χ1v) is 9.61. The molecule has 2 heterocycles. The molecule has 1 aliphatic carbocycles. The molecular weight excluding hydrogens is 338 g/mol. The molecule has 1 aromatic heterocycles. The van der Waals surface area contributed by atoms with Crippen LogP contribution >= 0.6 is 11.6 Å². The van der Waals surface area contributed by atoms with E-state index < -0.39 is 0 Å². The van der Waals surface area contributed by atoms with Gasteiger partial charge < -0.3 is 4.74 Å². The number of ether oxygens (including phenoxy) is 1. The summed E-state index contributed by atoms with van der Waals surface area (Å²) in [5, 5.41) is 5.23. The number of nitrogens with zero attached hydrogens (tertiary/aromatic N) is 3. The summed E-state index contributed by atoms with van der Waals surface area (Å²) in [7, 11) is 1.88. The highest BCUT2D eigenvalue weighted by Gasteiger charge is 2.44. The van der Waals surface area contributed by atoms with Gasteiger partial charge in [-0.05, 0) is 31.1 Å². The Labute approximate surface area is 155 Å². The van der Waals surface area contributed by atoms with Crippen molar-refractivity contribution >= 4 is 17.6 Å². The zero-order valence-electron chi connectivity index (χ0n) is 15.5. The quantitative estimate of drug-likeness (QED) is 0.594. The summed E-state index contributed by atoms with van der Waals surface area (Å²) in [5.74, 6) is 0.860. The summed E-state index contributed by atoms with van der Waals surface area (Å²) >= 11 is 6.45. The number of rotatable bonds is 5. The Hall–Kier alpha value is -1.33. The largest absolute Gasteiger partial charge is 0.466 e. The number of carbonyl (C=O) groups is 1. The van der Waals surface area contributed by atoms with Crippen LogP contribution < -0.4 is 0 Å². The van der Waals surface area contributed by atoms with E-state index in [4.69, 9.17) is 16.3 Å². The first-order chi connectivity index (χ1) is 12.0. The van der Waals surface area contributed by atoms with E-state index in [9.17, 15) is 4.79 Å². The van der Waals surface area contributed by atoms with Gasteiger partial charge in [-0.3, -0.25) is 14.4 Å². The smallest absolute Gasteiger partial charge is 0.309 e. The molecule has 0 spiro atoms. The van der Waals surface area contributed by atoms with Crippen molar-refractivity contribution in [2.45, 2.75) is 33.7 Å². The molecule has 4 atom stereocenters. The van der Waals surface area contributed by atoms with Crippen LogP contribution in [-0.4, -0.2) is 40.3 Å². The molecule has 138 valence electrons. The highest BCUT2D eigenvalue weighted by atomic mass is 35.5. The average molecular weight is 366 g/mol. The van der Waals surface area contributed by atoms with E-state index in [1.807, 2.05) is 14.0 Å². The van der Waals surface area contributed by atoms with Gasteiger partial charge in [0.1, 0.15) is 5.15 Å². The Balaban J connectivity index is 1.76. The molecule has 0 amide bonds. The predicted molar refractivity (Wildman–Crippen MR) is 98.3 cm³/mol. The van der Waals surface area contributed by atoms with Crippen molar-refractivity contribution in [3.8, 4) is 0 Å². The third-order valence-electron chi connectivity index (χ3n) is 5.61. The maximum absolute atomic E-state index is 12.5. The topological polar surface area (TPSA) is 47.4 Å². The van der Waals surface area contributed by atoms with Gasteiger partial charge in [-0.1, -0.05) is 37.6 Å². The Kier molecular flexibility index (Phi) is 5.54. The maximum atomic E-state index is 12.5. The lowest BCUT2D eigenvalue weighted by Crippen LogP contribution is -2.37. The van der Waals surface area contributed by atoms with Crippen LogP contribution in [-0.2, 0) is 29.5 Å². The minimum atomic E-state index is -0.0511. The van der Waals surface area contributed by atoms with Crippen LogP contribution in [0.15, 0.2) is 12.2 Å². The van der Waals surface area contributed by atoms with Crippen molar-refractivity contribution in [3.63, 3.8) is 0 Å². The van der Waals surface area contributed by atoms with Crippen molar-refractivity contribution in [2.24, 2.45) is 30.7 Å². The Bertz CT molecular complexity index is 670. The number of likely N-dealkylation sites (tertiary alicyclic amines) is 1. The van der Waals surface area contributed by atoms with Gasteiger partial charge in [0.15, 0.2) is 0 Å². The SMILES string of the molecule is CCOC(=O)[C@@H]1[C@H]2CN(Cc3c(CC)nn(C)c3Cl)C[C@@H]2C=C[C@@H]1C. The van der Waals surface area contributed by atoms with Gasteiger partial charge in [-0.2, -0.15) is 5.10 Å². The molecule has 1 aliphatic heterocycles. The van der Waals surface area contributed by atoms with Crippen LogP contribution in [0, 0.1) is 23.7 Å². The number of carbonyl (C=O) groups excluding carboxylic acids is 1. The summed E-state index contributed by atoms with van der Waals surface area (Å²) in [5.41, 5.74) is 2.18. The molecule has 3 rings (SSSR count). The van der Waals surface area contributed by atoms with Crippen molar-refractivity contribution in [1.82, 2.24) is 14.7 Å². The number of esters is 1. The Morgan fingerprint density at radius 2 is 2.12 bits per heavy atom. The van der Waals surface area contributed by atoms with Crippen molar-refractivity contribution in [2.75, 3.05) is 19.7 Å². The molecule has 5 nitrogen and oxygen atoms in total. The third kappa shape index (κ3) is 3.49. The van der Waals surface area contributed by atoms with E-state index in [2.05, 4.69) is 36.0 Å². The third-order valence-corrected chi connectivity index (χ3v) is 6.08. The lowest BCUT2D eigenvalue weighted by atomic mass is 9.72. The van der Waals surface area contributed by atoms with E-state index in [1.165, 1.54) is 0 Å². The summed E-state index contributed by atoms with van der Waals surface area (Å²) in [6.07, 6.45) is 5.34. The first-order valence-electron chi connectivity index (χ1n) is 9.23. The molecular formula is C19H28ClN3O2. The van der Waals surface area contributed by atoms with Crippen LogP contribution in [0.5, 0.6) is 0 Å². The number of allylic oxidation sites excluding steroid dienone is 1. The molecule has 0 radical (unpaired) electrons. The lowest BCUT2D eigenvalue weighted by Gasteiger charge is -2.32. The van der Waals surface area contributed by atoms with Gasteiger partial charge in [0.25, 0.3) is 0 Å². The Morgan fingerprint density at radius 3 is 2.80 bits per heavy atom. The molecule has 2 aliphatic rings. The summed E-state index contributed by atoms with van der Waals surface area (Å²) in [4.78, 5) is 14.9. The molecule has 1 fully saturated rings. The van der Waals surface area contributed by atoms with Crippen LogP contribution in [0.2, 0.25) is 5.15 Å². The molecule has 0 N–H and O–H groups in total. The highest BCUT2D eigenvalue weighted by Crippen LogP contribution is 2.40. The van der Waals surface area contributed by atoms with E-state index in [-0.39, 0.29) is 17.8 Å². The predicted octanol–water partition coefficient (Wildman–Crippen LogP) is 3.07. The zero-order valence-corrected chi connectivity index (χ0v) is 16.3. The van der Waals surface area contributed by atoms with E-state index >= 15 is 0 Å². The van der Waals surface area contributed by atoms with Gasteiger partial charge >= 0.3 is 5.97 Å². The second-order valence-electron chi connectivity index (χ2n) is 7.24. The van der Waals surface area contributed by atoms with Gasteiger partial charge in [0.05, 0.1) is 18.2 Å². The molecule has 6 heteroatoms. The number of fused-ring (bicyclic) bond motifs is 1. The number of hydrogen-bond donors (Lipinski definition) is 0. The minimum Gasteiger partial charge on any atom is -0.466 e. The zero-order chi connectivity index (χ0) is 18.1. The highest BCUT2D eigenvalue weighted by molar-refractivity contribution is 6.30. The normalized spacial score (nSPS) is 29.0. The van der Waals surface area contributed by atoms with E-state index in [0.717, 1.165) is 42.5 Å². The van der Waals surface area contributed by atoms with Gasteiger partial charge in [-0.25, -0.2) is 0 Å².